The Kier molecular flexibility index (Phi) is 13.4. The number of carboxylic acid groups (broad SMARTS) is 1. The highest BCUT2D eigenvalue weighted by molar-refractivity contribution is 5.82. The van der Waals surface area contributed by atoms with Crippen LogP contribution in [0.4, 0.5) is 17.1 Å². The smallest absolute Gasteiger partial charge is 0.342 e. The lowest BCUT2D eigenvalue weighted by atomic mass is 10.0. The molecule has 11 heteroatoms. The second-order valence-corrected chi connectivity index (χ2v) is 9.40. The van der Waals surface area contributed by atoms with E-state index in [1.807, 2.05) is 49.4 Å². The second-order valence-electron chi connectivity index (χ2n) is 9.40. The first-order valence-electron chi connectivity index (χ1n) is 13.2. The highest BCUT2D eigenvalue weighted by atomic mass is 17.1. The molecule has 0 bridgehead atoms. The largest absolute Gasteiger partial charge is 0.481 e. The number of anilines is 1. The Morgan fingerprint density at radius 1 is 0.925 bits per heavy atom. The van der Waals surface area contributed by atoms with E-state index in [0.717, 1.165) is 23.2 Å². The molecule has 0 aliphatic rings. The van der Waals surface area contributed by atoms with Crippen LogP contribution in [0.5, 0.6) is 0 Å². The SMILES string of the molecule is CCC(C)N(CCOC(=O)CCC(=O)O)c1ccc(N=Nc2ccc(CCC(=O)CCC(=O)OO)cc2)c(C)c1. The maximum atomic E-state index is 11.9. The van der Waals surface area contributed by atoms with Crippen LogP contribution >= 0.6 is 0 Å². The van der Waals surface area contributed by atoms with Crippen molar-refractivity contribution in [2.45, 2.75) is 71.8 Å². The van der Waals surface area contributed by atoms with Gasteiger partial charge in [0, 0.05) is 24.6 Å². The molecule has 0 fully saturated rings. The number of carbonyl (C=O) groups excluding carboxylic acids is 3. The highest BCUT2D eigenvalue weighted by Gasteiger charge is 2.16. The molecule has 0 spiro atoms. The fraction of sp³-hybridized carbons (Fsp3) is 0.448. The number of aliphatic carboxylic acids is 1. The Bertz CT molecular complexity index is 1180. The summed E-state index contributed by atoms with van der Waals surface area (Å²) in [6.07, 6.45) is 1.19. The number of aryl methyl sites for hydroxylation is 2. The summed E-state index contributed by atoms with van der Waals surface area (Å²) < 4.78 is 5.22. The topological polar surface area (TPSA) is 155 Å². The maximum absolute atomic E-state index is 11.9. The van der Waals surface area contributed by atoms with Crippen molar-refractivity contribution >= 4 is 40.8 Å². The van der Waals surface area contributed by atoms with Crippen molar-refractivity contribution < 1.29 is 39.2 Å². The van der Waals surface area contributed by atoms with Gasteiger partial charge in [0.25, 0.3) is 0 Å². The van der Waals surface area contributed by atoms with E-state index in [1.54, 1.807) is 0 Å². The molecule has 40 heavy (non-hydrogen) atoms. The Morgan fingerprint density at radius 3 is 2.25 bits per heavy atom. The number of benzene rings is 2. The molecule has 0 saturated carbocycles. The number of nitrogens with zero attached hydrogens (tertiary/aromatic N) is 3. The van der Waals surface area contributed by atoms with E-state index in [0.29, 0.717) is 24.3 Å². The van der Waals surface area contributed by atoms with Crippen LogP contribution < -0.4 is 4.90 Å². The van der Waals surface area contributed by atoms with Crippen LogP contribution in [0.1, 0.15) is 63.5 Å². The van der Waals surface area contributed by atoms with Crippen LogP contribution in [0.15, 0.2) is 52.7 Å². The van der Waals surface area contributed by atoms with E-state index in [4.69, 9.17) is 15.1 Å². The second kappa shape index (κ2) is 16.8. The van der Waals surface area contributed by atoms with Gasteiger partial charge in [-0.2, -0.15) is 15.5 Å². The molecule has 0 saturated heterocycles. The third-order valence-corrected chi connectivity index (χ3v) is 6.38. The number of esters is 1. The highest BCUT2D eigenvalue weighted by Crippen LogP contribution is 2.28. The number of carbonyl (C=O) groups is 4. The molecule has 11 nitrogen and oxygen atoms in total. The van der Waals surface area contributed by atoms with Crippen molar-refractivity contribution in [3.63, 3.8) is 0 Å². The zero-order valence-corrected chi connectivity index (χ0v) is 23.2. The van der Waals surface area contributed by atoms with Crippen molar-refractivity contribution in [1.82, 2.24) is 0 Å². The molecular weight excluding hydrogens is 518 g/mol. The summed E-state index contributed by atoms with van der Waals surface area (Å²) in [6, 6.07) is 13.4. The summed E-state index contributed by atoms with van der Waals surface area (Å²) in [4.78, 5) is 50.9. The molecule has 2 rings (SSSR count). The summed E-state index contributed by atoms with van der Waals surface area (Å²) in [7, 11) is 0. The van der Waals surface area contributed by atoms with Gasteiger partial charge in [0.05, 0.1) is 37.2 Å². The Hall–Kier alpha value is -4.12. The van der Waals surface area contributed by atoms with Crippen molar-refractivity contribution in [2.24, 2.45) is 10.2 Å². The summed E-state index contributed by atoms with van der Waals surface area (Å²) in [5.74, 6) is -2.47. The molecule has 2 aromatic carbocycles. The molecule has 216 valence electrons. The zero-order chi connectivity index (χ0) is 29.5. The summed E-state index contributed by atoms with van der Waals surface area (Å²) in [6.45, 7) is 6.74. The van der Waals surface area contributed by atoms with E-state index in [1.165, 1.54) is 0 Å². The van der Waals surface area contributed by atoms with Gasteiger partial charge in [-0.25, -0.2) is 4.79 Å². The summed E-state index contributed by atoms with van der Waals surface area (Å²) >= 11 is 0. The van der Waals surface area contributed by atoms with Crippen molar-refractivity contribution in [3.8, 4) is 0 Å². The third kappa shape index (κ3) is 11.3. The molecule has 2 aromatic rings. The first kappa shape index (κ1) is 32.1. The summed E-state index contributed by atoms with van der Waals surface area (Å²) in [5, 5.41) is 25.7. The first-order chi connectivity index (χ1) is 19.1. The van der Waals surface area contributed by atoms with E-state index in [-0.39, 0.29) is 50.5 Å². The lowest BCUT2D eigenvalue weighted by Crippen LogP contribution is -2.36. The fourth-order valence-electron chi connectivity index (χ4n) is 3.83. The molecule has 1 unspecified atom stereocenters. The molecule has 0 aromatic heterocycles. The Balaban J connectivity index is 1.96. The average molecular weight is 556 g/mol. The molecule has 0 aliphatic carbocycles. The van der Waals surface area contributed by atoms with Crippen LogP contribution in [0.3, 0.4) is 0 Å². The lowest BCUT2D eigenvalue weighted by molar-refractivity contribution is -0.234. The van der Waals surface area contributed by atoms with Gasteiger partial charge in [-0.05, 0) is 68.1 Å². The normalized spacial score (nSPS) is 11.7. The molecular formula is C29H37N3O8. The molecule has 0 aliphatic heterocycles. The molecule has 0 amide bonds. The van der Waals surface area contributed by atoms with Crippen LogP contribution in [-0.2, 0) is 35.2 Å². The van der Waals surface area contributed by atoms with Crippen molar-refractivity contribution in [2.75, 3.05) is 18.1 Å². The maximum Gasteiger partial charge on any atom is 0.342 e. The van der Waals surface area contributed by atoms with E-state index < -0.39 is 17.9 Å². The van der Waals surface area contributed by atoms with Crippen molar-refractivity contribution in [1.29, 1.82) is 0 Å². The monoisotopic (exact) mass is 555 g/mol. The van der Waals surface area contributed by atoms with Gasteiger partial charge in [0.15, 0.2) is 0 Å². The minimum atomic E-state index is -1.03. The van der Waals surface area contributed by atoms with Gasteiger partial charge in [0.2, 0.25) is 0 Å². The number of hydrogen-bond acceptors (Lipinski definition) is 10. The van der Waals surface area contributed by atoms with Gasteiger partial charge >= 0.3 is 17.9 Å². The standard InChI is InChI=1S/C29H37N3O8/c1-4-21(3)32(17-18-39-28(36)16-14-27(34)35)24-10-13-26(20(2)19-24)31-30-23-8-5-22(6-9-23)7-11-25(33)12-15-29(37)40-38/h5-6,8-10,13,19,21,38H,4,7,11-12,14-18H2,1-3H3,(H,34,35). The quantitative estimate of drug-likeness (QED) is 0.108. The molecule has 0 heterocycles. The number of ketones is 1. The fourth-order valence-corrected chi connectivity index (χ4v) is 3.83. The van der Waals surface area contributed by atoms with Crippen LogP contribution in [0, 0.1) is 6.92 Å². The number of rotatable bonds is 17. The van der Waals surface area contributed by atoms with E-state index in [2.05, 4.69) is 33.9 Å². The van der Waals surface area contributed by atoms with Gasteiger partial charge in [-0.1, -0.05) is 19.1 Å². The summed E-state index contributed by atoms with van der Waals surface area (Å²) in [5.41, 5.74) is 4.21. The third-order valence-electron chi connectivity index (χ3n) is 6.38. The lowest BCUT2D eigenvalue weighted by Gasteiger charge is -2.31. The van der Waals surface area contributed by atoms with Gasteiger partial charge in [-0.3, -0.25) is 14.4 Å². The predicted molar refractivity (Wildman–Crippen MR) is 148 cm³/mol. The number of hydrogen-bond donors (Lipinski definition) is 2. The van der Waals surface area contributed by atoms with E-state index in [9.17, 15) is 19.2 Å². The van der Waals surface area contributed by atoms with Crippen LogP contribution in [0.2, 0.25) is 0 Å². The average Bonchev–Trinajstić information content (AvgIpc) is 2.95. The molecule has 1 atom stereocenters. The predicted octanol–water partition coefficient (Wildman–Crippen LogP) is 5.72. The number of ether oxygens (including phenoxy) is 1. The van der Waals surface area contributed by atoms with Crippen LogP contribution in [-0.4, -0.2) is 53.2 Å². The Labute approximate surface area is 233 Å². The van der Waals surface area contributed by atoms with E-state index >= 15 is 0 Å². The minimum absolute atomic E-state index is 0.0288. The van der Waals surface area contributed by atoms with Gasteiger partial charge in [0.1, 0.15) is 12.4 Å². The van der Waals surface area contributed by atoms with Crippen LogP contribution in [0.25, 0.3) is 0 Å². The number of azo groups is 1. The first-order valence-corrected chi connectivity index (χ1v) is 13.2. The minimum Gasteiger partial charge on any atom is -0.481 e. The zero-order valence-electron chi connectivity index (χ0n) is 23.2. The van der Waals surface area contributed by atoms with Crippen molar-refractivity contribution in [3.05, 3.63) is 53.6 Å². The number of Topliss-reactive ketones (excluding diaryl/α,β-unsaturated/α-hetero) is 1. The number of carboxylic acids is 1. The van der Waals surface area contributed by atoms with Gasteiger partial charge in [-0.15, -0.1) is 0 Å². The Morgan fingerprint density at radius 2 is 1.62 bits per heavy atom. The van der Waals surface area contributed by atoms with Gasteiger partial charge < -0.3 is 19.6 Å². The molecule has 0 radical (unpaired) electrons. The molecule has 2 N–H and O–H groups in total.